The number of pyridine rings is 1. The Labute approximate surface area is 197 Å². The van der Waals surface area contributed by atoms with Crippen LogP contribution in [0, 0.1) is 6.92 Å². The molecule has 174 valence electrons. The molecule has 0 saturated carbocycles. The number of hydrogen-bond acceptors (Lipinski definition) is 6. The molecule has 0 aliphatic carbocycles. The molecule has 1 amide bonds. The van der Waals surface area contributed by atoms with E-state index in [9.17, 15) is 4.79 Å². The van der Waals surface area contributed by atoms with Gasteiger partial charge in [-0.25, -0.2) is 9.97 Å². The number of aromatic amines is 1. The van der Waals surface area contributed by atoms with E-state index < -0.39 is 0 Å². The number of anilines is 1. The Bertz CT molecular complexity index is 1290. The Hall–Kier alpha value is -4.33. The highest BCUT2D eigenvalue weighted by molar-refractivity contribution is 6.03. The summed E-state index contributed by atoms with van der Waals surface area (Å²) < 4.78 is 16.5. The van der Waals surface area contributed by atoms with Crippen molar-refractivity contribution in [1.82, 2.24) is 15.0 Å². The van der Waals surface area contributed by atoms with E-state index in [0.717, 1.165) is 16.8 Å². The maximum Gasteiger partial charge on any atom is 0.273 e. The van der Waals surface area contributed by atoms with Crippen LogP contribution < -0.4 is 19.5 Å². The molecule has 0 aliphatic rings. The van der Waals surface area contributed by atoms with Gasteiger partial charge in [0.2, 0.25) is 5.88 Å². The number of methoxy groups -OCH3 is 2. The van der Waals surface area contributed by atoms with Gasteiger partial charge in [0, 0.05) is 23.7 Å². The van der Waals surface area contributed by atoms with E-state index >= 15 is 0 Å². The number of benzene rings is 2. The fraction of sp³-hybridized carbons (Fsp3) is 0.192. The molecular formula is C26H26N4O4. The Morgan fingerprint density at radius 1 is 1.00 bits per heavy atom. The highest BCUT2D eigenvalue weighted by Gasteiger charge is 2.10. The van der Waals surface area contributed by atoms with E-state index in [1.54, 1.807) is 21.1 Å². The van der Waals surface area contributed by atoms with Crippen molar-refractivity contribution in [3.8, 4) is 28.6 Å². The third-order valence-corrected chi connectivity index (χ3v) is 5.18. The van der Waals surface area contributed by atoms with Crippen molar-refractivity contribution in [3.05, 3.63) is 83.9 Å². The number of nitrogens with zero attached hydrogens (tertiary/aromatic N) is 2. The SMILES string of the molecule is COc1ccc(CCOc2cccc(-c3cccc(NC(=O)c4cnc(C)[nH]4)c3)n2)cc1OC. The number of ether oxygens (including phenoxy) is 3. The molecule has 0 spiro atoms. The zero-order valence-corrected chi connectivity index (χ0v) is 19.3. The fourth-order valence-corrected chi connectivity index (χ4v) is 3.46. The summed E-state index contributed by atoms with van der Waals surface area (Å²) in [5, 5.41) is 2.88. The van der Waals surface area contributed by atoms with Crippen LogP contribution in [0.3, 0.4) is 0 Å². The molecule has 8 nitrogen and oxygen atoms in total. The summed E-state index contributed by atoms with van der Waals surface area (Å²) in [6.45, 7) is 2.26. The first-order valence-corrected chi connectivity index (χ1v) is 10.8. The summed E-state index contributed by atoms with van der Waals surface area (Å²) in [4.78, 5) is 24.0. The zero-order chi connectivity index (χ0) is 23.9. The minimum absolute atomic E-state index is 0.252. The van der Waals surface area contributed by atoms with E-state index in [1.165, 1.54) is 6.20 Å². The third kappa shape index (κ3) is 5.53. The quantitative estimate of drug-likeness (QED) is 0.378. The molecule has 0 unspecified atom stereocenters. The minimum Gasteiger partial charge on any atom is -0.493 e. The van der Waals surface area contributed by atoms with Crippen molar-refractivity contribution in [2.75, 3.05) is 26.1 Å². The fourth-order valence-electron chi connectivity index (χ4n) is 3.46. The number of carbonyl (C=O) groups is 1. The zero-order valence-electron chi connectivity index (χ0n) is 19.3. The summed E-state index contributed by atoms with van der Waals surface area (Å²) in [5.74, 6) is 2.35. The molecule has 8 heteroatoms. The maximum atomic E-state index is 12.4. The van der Waals surface area contributed by atoms with E-state index in [1.807, 2.05) is 60.7 Å². The largest absolute Gasteiger partial charge is 0.493 e. The van der Waals surface area contributed by atoms with Crippen LogP contribution in [0.2, 0.25) is 0 Å². The second-order valence-electron chi connectivity index (χ2n) is 7.57. The molecule has 2 aromatic carbocycles. The van der Waals surface area contributed by atoms with Crippen LogP contribution in [-0.4, -0.2) is 41.7 Å². The molecular weight excluding hydrogens is 432 g/mol. The average Bonchev–Trinajstić information content (AvgIpc) is 3.31. The van der Waals surface area contributed by atoms with E-state index in [-0.39, 0.29) is 5.91 Å². The molecule has 0 saturated heterocycles. The number of carbonyl (C=O) groups excluding carboxylic acids is 1. The molecule has 2 heterocycles. The van der Waals surface area contributed by atoms with Crippen molar-refractivity contribution < 1.29 is 19.0 Å². The van der Waals surface area contributed by atoms with Gasteiger partial charge in [0.15, 0.2) is 11.5 Å². The number of imidazole rings is 1. The van der Waals surface area contributed by atoms with Crippen LogP contribution >= 0.6 is 0 Å². The van der Waals surface area contributed by atoms with Crippen molar-refractivity contribution >= 4 is 11.6 Å². The van der Waals surface area contributed by atoms with Gasteiger partial charge >= 0.3 is 0 Å². The van der Waals surface area contributed by atoms with Gasteiger partial charge < -0.3 is 24.5 Å². The van der Waals surface area contributed by atoms with Gasteiger partial charge in [0.25, 0.3) is 5.91 Å². The molecule has 0 atom stereocenters. The lowest BCUT2D eigenvalue weighted by atomic mass is 10.1. The van der Waals surface area contributed by atoms with Gasteiger partial charge in [0.05, 0.1) is 32.7 Å². The average molecular weight is 459 g/mol. The lowest BCUT2D eigenvalue weighted by Gasteiger charge is -2.11. The Balaban J connectivity index is 1.40. The van der Waals surface area contributed by atoms with Gasteiger partial charge in [0.1, 0.15) is 11.5 Å². The predicted octanol–water partition coefficient (Wildman–Crippen LogP) is 4.67. The number of hydrogen-bond donors (Lipinski definition) is 2. The van der Waals surface area contributed by atoms with Crippen LogP contribution in [0.1, 0.15) is 21.9 Å². The van der Waals surface area contributed by atoms with E-state index in [4.69, 9.17) is 14.2 Å². The van der Waals surface area contributed by atoms with Gasteiger partial charge in [-0.2, -0.15) is 0 Å². The normalized spacial score (nSPS) is 10.6. The number of amides is 1. The first-order valence-electron chi connectivity index (χ1n) is 10.8. The highest BCUT2D eigenvalue weighted by Crippen LogP contribution is 2.28. The molecule has 0 bridgehead atoms. The lowest BCUT2D eigenvalue weighted by molar-refractivity contribution is 0.102. The molecule has 34 heavy (non-hydrogen) atoms. The smallest absolute Gasteiger partial charge is 0.273 e. The van der Waals surface area contributed by atoms with Crippen LogP contribution in [0.15, 0.2) is 66.9 Å². The Morgan fingerprint density at radius 2 is 1.82 bits per heavy atom. The summed E-state index contributed by atoms with van der Waals surface area (Å²) in [6.07, 6.45) is 2.21. The second-order valence-corrected chi connectivity index (χ2v) is 7.57. The molecule has 0 aliphatic heterocycles. The summed E-state index contributed by atoms with van der Waals surface area (Å²) in [5.41, 5.74) is 3.76. The number of H-pyrrole nitrogens is 1. The summed E-state index contributed by atoms with van der Waals surface area (Å²) in [6, 6.07) is 18.9. The van der Waals surface area contributed by atoms with Gasteiger partial charge in [-0.3, -0.25) is 4.79 Å². The number of rotatable bonds is 9. The van der Waals surface area contributed by atoms with E-state index in [0.29, 0.717) is 47.6 Å². The van der Waals surface area contributed by atoms with Gasteiger partial charge in [-0.1, -0.05) is 24.3 Å². The first-order chi connectivity index (χ1) is 16.6. The van der Waals surface area contributed by atoms with Crippen molar-refractivity contribution in [3.63, 3.8) is 0 Å². The topological polar surface area (TPSA) is 98.4 Å². The Morgan fingerprint density at radius 3 is 2.59 bits per heavy atom. The van der Waals surface area contributed by atoms with Crippen LogP contribution in [0.25, 0.3) is 11.3 Å². The third-order valence-electron chi connectivity index (χ3n) is 5.18. The second kappa shape index (κ2) is 10.5. The number of aromatic nitrogens is 3. The van der Waals surface area contributed by atoms with E-state index in [2.05, 4.69) is 20.3 Å². The maximum absolute atomic E-state index is 12.4. The molecule has 2 aromatic heterocycles. The summed E-state index contributed by atoms with van der Waals surface area (Å²) >= 11 is 0. The van der Waals surface area contributed by atoms with Gasteiger partial charge in [-0.15, -0.1) is 0 Å². The lowest BCUT2D eigenvalue weighted by Crippen LogP contribution is -2.12. The first kappa shape index (κ1) is 22.8. The van der Waals surface area contributed by atoms with Crippen molar-refractivity contribution in [2.45, 2.75) is 13.3 Å². The van der Waals surface area contributed by atoms with Crippen LogP contribution in [0.4, 0.5) is 5.69 Å². The van der Waals surface area contributed by atoms with Crippen molar-refractivity contribution in [1.29, 1.82) is 0 Å². The molecule has 2 N–H and O–H groups in total. The number of nitrogens with one attached hydrogen (secondary N) is 2. The van der Waals surface area contributed by atoms with Gasteiger partial charge in [-0.05, 0) is 42.8 Å². The molecule has 4 aromatic rings. The standard InChI is InChI=1S/C26H26N4O4/c1-17-27-16-22(28-17)26(31)29-20-7-4-6-19(15-20)21-8-5-9-25(30-21)34-13-12-18-10-11-23(32-2)24(14-18)33-3/h4-11,14-16H,12-13H2,1-3H3,(H,27,28)(H,29,31). The van der Waals surface area contributed by atoms with Crippen LogP contribution in [-0.2, 0) is 6.42 Å². The van der Waals surface area contributed by atoms with Crippen molar-refractivity contribution in [2.24, 2.45) is 0 Å². The number of aryl methyl sites for hydroxylation is 1. The minimum atomic E-state index is -0.252. The highest BCUT2D eigenvalue weighted by atomic mass is 16.5. The molecule has 0 fully saturated rings. The predicted molar refractivity (Wildman–Crippen MR) is 130 cm³/mol. The summed E-state index contributed by atoms with van der Waals surface area (Å²) in [7, 11) is 3.23. The van der Waals surface area contributed by atoms with Crippen LogP contribution in [0.5, 0.6) is 17.4 Å². The Kier molecular flexibility index (Phi) is 7.07. The molecule has 0 radical (unpaired) electrons. The monoisotopic (exact) mass is 458 g/mol. The molecule has 4 rings (SSSR count).